The number of carbonyl (C=O) groups excluding carboxylic acids is 1. The molecule has 0 saturated carbocycles. The Bertz CT molecular complexity index is 1470. The fourth-order valence-corrected chi connectivity index (χ4v) is 4.87. The number of imidazole rings is 1. The predicted octanol–water partition coefficient (Wildman–Crippen LogP) is 4.41. The fourth-order valence-electron chi connectivity index (χ4n) is 4.87. The van der Waals surface area contributed by atoms with Crippen LogP contribution in [0.15, 0.2) is 42.9 Å². The van der Waals surface area contributed by atoms with Crippen LogP contribution in [0.2, 0.25) is 0 Å². The molecule has 3 aromatic heterocycles. The molecule has 1 aliphatic rings. The number of piperazine rings is 1. The molecule has 1 amide bonds. The molecule has 1 aliphatic heterocycles. The maximum atomic E-state index is 14.6. The highest BCUT2D eigenvalue weighted by molar-refractivity contribution is 5.83. The molecule has 0 radical (unpaired) electrons. The topological polar surface area (TPSA) is 96.1 Å². The van der Waals surface area contributed by atoms with Gasteiger partial charge >= 0.3 is 6.09 Å². The minimum absolute atomic E-state index is 0.0211. The molecular weight excluding hydrogens is 475 g/mol. The molecule has 4 heterocycles. The quantitative estimate of drug-likeness (QED) is 0.440. The summed E-state index contributed by atoms with van der Waals surface area (Å²) in [5, 5.41) is 10.2. The maximum Gasteiger partial charge on any atom is 0.410 e. The number of hydrogen-bond acceptors (Lipinski definition) is 7. The van der Waals surface area contributed by atoms with Crippen molar-refractivity contribution in [3.8, 4) is 11.4 Å². The molecule has 1 N–H and O–H groups in total. The van der Waals surface area contributed by atoms with Crippen molar-refractivity contribution < 1.29 is 19.0 Å². The Balaban J connectivity index is 1.38. The van der Waals surface area contributed by atoms with Gasteiger partial charge in [-0.1, -0.05) is 0 Å². The van der Waals surface area contributed by atoms with E-state index in [4.69, 9.17) is 4.74 Å². The van der Waals surface area contributed by atoms with E-state index in [9.17, 15) is 14.3 Å². The molecule has 10 heteroatoms. The van der Waals surface area contributed by atoms with Crippen LogP contribution in [0.3, 0.4) is 0 Å². The van der Waals surface area contributed by atoms with E-state index in [1.807, 2.05) is 57.7 Å². The molecule has 194 valence electrons. The Morgan fingerprint density at radius 3 is 2.54 bits per heavy atom. The maximum absolute atomic E-state index is 14.6. The molecule has 4 aromatic rings. The summed E-state index contributed by atoms with van der Waals surface area (Å²) >= 11 is 0. The van der Waals surface area contributed by atoms with Gasteiger partial charge in [0.15, 0.2) is 17.3 Å². The van der Waals surface area contributed by atoms with E-state index in [2.05, 4.69) is 19.9 Å². The zero-order valence-electron chi connectivity index (χ0n) is 21.6. The van der Waals surface area contributed by atoms with Crippen LogP contribution in [0.4, 0.5) is 14.9 Å². The fraction of sp³-hybridized carbons (Fsp3) is 0.407. The molecule has 0 aliphatic carbocycles. The van der Waals surface area contributed by atoms with Gasteiger partial charge in [-0.2, -0.15) is 0 Å². The highest BCUT2D eigenvalue weighted by Gasteiger charge is 2.35. The molecule has 0 bridgehead atoms. The number of amides is 1. The average molecular weight is 507 g/mol. The van der Waals surface area contributed by atoms with Gasteiger partial charge in [-0.15, -0.1) is 0 Å². The molecule has 0 spiro atoms. The van der Waals surface area contributed by atoms with E-state index in [1.165, 1.54) is 10.5 Å². The first-order chi connectivity index (χ1) is 17.5. The zero-order chi connectivity index (χ0) is 26.5. The third kappa shape index (κ3) is 4.93. The van der Waals surface area contributed by atoms with Crippen molar-refractivity contribution in [3.63, 3.8) is 0 Å². The van der Waals surface area contributed by atoms with E-state index >= 15 is 0 Å². The van der Waals surface area contributed by atoms with E-state index in [0.717, 1.165) is 16.6 Å². The number of hydrogen-bond donors (Lipinski definition) is 1. The van der Waals surface area contributed by atoms with Crippen molar-refractivity contribution in [1.29, 1.82) is 0 Å². The van der Waals surface area contributed by atoms with Crippen LogP contribution in [0.1, 0.15) is 40.3 Å². The smallest absolute Gasteiger partial charge is 0.410 e. The molecule has 0 unspecified atom stereocenters. The van der Waals surface area contributed by atoms with Gasteiger partial charge in [0.25, 0.3) is 0 Å². The number of benzene rings is 1. The zero-order valence-corrected chi connectivity index (χ0v) is 21.6. The Morgan fingerprint density at radius 2 is 1.86 bits per heavy atom. The van der Waals surface area contributed by atoms with Crippen LogP contribution in [-0.4, -0.2) is 66.2 Å². The number of aliphatic hydroxyl groups is 1. The molecule has 37 heavy (non-hydrogen) atoms. The normalized spacial score (nSPS) is 18.6. The van der Waals surface area contributed by atoms with Gasteiger partial charge in [0, 0.05) is 48.3 Å². The third-order valence-corrected chi connectivity index (χ3v) is 6.43. The van der Waals surface area contributed by atoms with Gasteiger partial charge in [0.2, 0.25) is 0 Å². The van der Waals surface area contributed by atoms with Crippen molar-refractivity contribution in [2.24, 2.45) is 0 Å². The number of rotatable bonds is 3. The summed E-state index contributed by atoms with van der Waals surface area (Å²) in [4.78, 5) is 30.0. The first-order valence-electron chi connectivity index (χ1n) is 12.3. The summed E-state index contributed by atoms with van der Waals surface area (Å²) in [6.07, 6.45) is 4.73. The van der Waals surface area contributed by atoms with E-state index in [0.29, 0.717) is 30.2 Å². The molecule has 1 fully saturated rings. The highest BCUT2D eigenvalue weighted by atomic mass is 19.1. The van der Waals surface area contributed by atoms with Crippen molar-refractivity contribution in [2.75, 3.05) is 18.0 Å². The van der Waals surface area contributed by atoms with Gasteiger partial charge in [-0.25, -0.2) is 24.1 Å². The summed E-state index contributed by atoms with van der Waals surface area (Å²) in [5.41, 5.74) is 2.27. The van der Waals surface area contributed by atoms with Crippen LogP contribution in [0, 0.1) is 5.82 Å². The number of anilines is 1. The standard InChI is InChI=1S/C27H31FN6O3/c1-16-11-32(12-17(2)34(16)26(36)37-27(3,4)5)21-6-7-23-18(8-21)10-29-24(31-23)19-9-22(28)25-30-20(15-35)14-33(25)13-19/h6-10,13-14,16-17,35H,11-12,15H2,1-5H3/t16-,17-/m0/s1. The van der Waals surface area contributed by atoms with Gasteiger partial charge in [-0.3, -0.25) is 4.90 Å². The monoisotopic (exact) mass is 506 g/mol. The van der Waals surface area contributed by atoms with Gasteiger partial charge < -0.3 is 19.1 Å². The highest BCUT2D eigenvalue weighted by Crippen LogP contribution is 2.28. The second-order valence-electron chi connectivity index (χ2n) is 10.6. The van der Waals surface area contributed by atoms with Crippen LogP contribution in [-0.2, 0) is 11.3 Å². The number of nitrogens with zero attached hydrogens (tertiary/aromatic N) is 6. The van der Waals surface area contributed by atoms with Crippen LogP contribution >= 0.6 is 0 Å². The molecular formula is C27H31FN6O3. The Labute approximate surface area is 214 Å². The molecule has 1 aromatic carbocycles. The van der Waals surface area contributed by atoms with Crippen molar-refractivity contribution in [3.05, 3.63) is 54.4 Å². The molecule has 2 atom stereocenters. The minimum atomic E-state index is -0.538. The van der Waals surface area contributed by atoms with Crippen molar-refractivity contribution in [1.82, 2.24) is 24.3 Å². The number of carbonyl (C=O) groups is 1. The lowest BCUT2D eigenvalue weighted by Gasteiger charge is -2.45. The minimum Gasteiger partial charge on any atom is -0.444 e. The van der Waals surface area contributed by atoms with Gasteiger partial charge in [-0.05, 0) is 58.9 Å². The second kappa shape index (κ2) is 9.26. The number of halogens is 1. The molecule has 5 rings (SSSR count). The van der Waals surface area contributed by atoms with Gasteiger partial charge in [0.05, 0.1) is 29.9 Å². The Kier molecular flexibility index (Phi) is 6.23. The summed E-state index contributed by atoms with van der Waals surface area (Å²) in [5.74, 6) is -0.112. The lowest BCUT2D eigenvalue weighted by atomic mass is 10.1. The van der Waals surface area contributed by atoms with Gasteiger partial charge in [0.1, 0.15) is 5.60 Å². The number of aromatic nitrogens is 4. The van der Waals surface area contributed by atoms with E-state index in [-0.39, 0.29) is 30.4 Å². The Hall–Kier alpha value is -3.79. The number of aliphatic hydroxyl groups excluding tert-OH is 1. The van der Waals surface area contributed by atoms with Crippen molar-refractivity contribution in [2.45, 2.75) is 58.9 Å². The number of fused-ring (bicyclic) bond motifs is 2. The summed E-state index contributed by atoms with van der Waals surface area (Å²) < 4.78 is 21.8. The molecule has 1 saturated heterocycles. The van der Waals surface area contributed by atoms with Crippen LogP contribution in [0.25, 0.3) is 27.9 Å². The summed E-state index contributed by atoms with van der Waals surface area (Å²) in [6, 6.07) is 7.29. The summed E-state index contributed by atoms with van der Waals surface area (Å²) in [6.45, 7) is 10.8. The second-order valence-corrected chi connectivity index (χ2v) is 10.6. The lowest BCUT2D eigenvalue weighted by molar-refractivity contribution is 0.00566. The summed E-state index contributed by atoms with van der Waals surface area (Å²) in [7, 11) is 0. The Morgan fingerprint density at radius 1 is 1.14 bits per heavy atom. The lowest BCUT2D eigenvalue weighted by Crippen LogP contribution is -2.59. The van der Waals surface area contributed by atoms with Crippen LogP contribution in [0.5, 0.6) is 0 Å². The number of ether oxygens (including phenoxy) is 1. The first-order valence-corrected chi connectivity index (χ1v) is 12.3. The van der Waals surface area contributed by atoms with E-state index < -0.39 is 11.4 Å². The average Bonchev–Trinajstić information content (AvgIpc) is 3.26. The largest absolute Gasteiger partial charge is 0.444 e. The third-order valence-electron chi connectivity index (χ3n) is 6.43. The van der Waals surface area contributed by atoms with Crippen LogP contribution < -0.4 is 4.90 Å². The molecule has 9 nitrogen and oxygen atoms in total. The van der Waals surface area contributed by atoms with Crippen molar-refractivity contribution >= 4 is 28.3 Å². The predicted molar refractivity (Wildman–Crippen MR) is 139 cm³/mol. The number of pyridine rings is 1. The van der Waals surface area contributed by atoms with E-state index in [1.54, 1.807) is 18.6 Å². The SMILES string of the molecule is C[C@H]1CN(c2ccc3nc(-c4cc(F)c5nc(CO)cn5c4)ncc3c2)C[C@H](C)N1C(=O)OC(C)(C)C. The first kappa shape index (κ1) is 24.9.